The summed E-state index contributed by atoms with van der Waals surface area (Å²) >= 11 is 0. The third-order valence-corrected chi connectivity index (χ3v) is 6.89. The molecule has 2 aromatic carbocycles. The average molecular weight is 440 g/mol. The standard InChI is InChI=1S/C20H29N3O4S2/c1-6-11-22-17-10-9-16(28(21,24)25)13-18(17)23-29(26,27)19-12-15(20(3,4)5)8-7-14(19)2/h7-10,12-13,22-23H,6,11H2,1-5H3,(H2,21,24,25). The van der Waals surface area contributed by atoms with Gasteiger partial charge in [-0.1, -0.05) is 39.8 Å². The first-order valence-corrected chi connectivity index (χ1v) is 12.3. The predicted octanol–water partition coefficient (Wildman–Crippen LogP) is 3.56. The Hall–Kier alpha value is -2.10. The van der Waals surface area contributed by atoms with Crippen molar-refractivity contribution in [2.75, 3.05) is 16.6 Å². The highest BCUT2D eigenvalue weighted by Gasteiger charge is 2.23. The van der Waals surface area contributed by atoms with Crippen LogP contribution >= 0.6 is 0 Å². The molecule has 0 bridgehead atoms. The normalized spacial score (nSPS) is 12.6. The number of sulfonamides is 2. The fourth-order valence-corrected chi connectivity index (χ4v) is 4.64. The monoisotopic (exact) mass is 439 g/mol. The van der Waals surface area contributed by atoms with Crippen LogP contribution in [0.2, 0.25) is 0 Å². The Morgan fingerprint density at radius 1 is 0.966 bits per heavy atom. The third kappa shape index (κ3) is 5.71. The molecule has 0 heterocycles. The van der Waals surface area contributed by atoms with Crippen molar-refractivity contribution >= 4 is 31.4 Å². The molecule has 0 saturated heterocycles. The largest absolute Gasteiger partial charge is 0.383 e. The van der Waals surface area contributed by atoms with Crippen LogP contribution in [0.4, 0.5) is 11.4 Å². The summed E-state index contributed by atoms with van der Waals surface area (Å²) in [7, 11) is -7.94. The van der Waals surface area contributed by atoms with Gasteiger partial charge in [0.1, 0.15) is 0 Å². The summed E-state index contributed by atoms with van der Waals surface area (Å²) in [5, 5.41) is 8.32. The van der Waals surface area contributed by atoms with Gasteiger partial charge in [-0.3, -0.25) is 4.72 Å². The second-order valence-electron chi connectivity index (χ2n) is 8.01. The molecule has 0 fully saturated rings. The Morgan fingerprint density at radius 3 is 2.17 bits per heavy atom. The SMILES string of the molecule is CCCNc1ccc(S(N)(=O)=O)cc1NS(=O)(=O)c1cc(C(C)(C)C)ccc1C. The van der Waals surface area contributed by atoms with Crippen molar-refractivity contribution in [3.63, 3.8) is 0 Å². The maximum absolute atomic E-state index is 13.2. The van der Waals surface area contributed by atoms with E-state index in [0.29, 0.717) is 17.8 Å². The highest BCUT2D eigenvalue weighted by molar-refractivity contribution is 7.92. The van der Waals surface area contributed by atoms with Crippen LogP contribution in [-0.4, -0.2) is 23.4 Å². The summed E-state index contributed by atoms with van der Waals surface area (Å²) in [4.78, 5) is -0.0233. The van der Waals surface area contributed by atoms with Crippen molar-refractivity contribution in [3.8, 4) is 0 Å². The fraction of sp³-hybridized carbons (Fsp3) is 0.400. The van der Waals surface area contributed by atoms with E-state index in [2.05, 4.69) is 10.0 Å². The van der Waals surface area contributed by atoms with Crippen molar-refractivity contribution < 1.29 is 16.8 Å². The Morgan fingerprint density at radius 2 is 1.62 bits per heavy atom. The van der Waals surface area contributed by atoms with Gasteiger partial charge in [-0.2, -0.15) is 0 Å². The van der Waals surface area contributed by atoms with Gasteiger partial charge in [0.2, 0.25) is 10.0 Å². The number of nitrogens with one attached hydrogen (secondary N) is 2. The second kappa shape index (κ2) is 8.33. The van der Waals surface area contributed by atoms with E-state index in [1.54, 1.807) is 19.1 Å². The molecule has 0 aliphatic heterocycles. The molecule has 0 unspecified atom stereocenters. The molecule has 2 rings (SSSR count). The summed E-state index contributed by atoms with van der Waals surface area (Å²) in [6.45, 7) is 10.3. The molecule has 0 atom stereocenters. The highest BCUT2D eigenvalue weighted by atomic mass is 32.2. The van der Waals surface area contributed by atoms with E-state index < -0.39 is 20.0 Å². The predicted molar refractivity (Wildman–Crippen MR) is 117 cm³/mol. The molecule has 29 heavy (non-hydrogen) atoms. The van der Waals surface area contributed by atoms with E-state index in [-0.39, 0.29) is 20.9 Å². The quantitative estimate of drug-likeness (QED) is 0.609. The van der Waals surface area contributed by atoms with Crippen molar-refractivity contribution in [2.45, 2.75) is 56.2 Å². The Balaban J connectivity index is 2.56. The van der Waals surface area contributed by atoms with Crippen LogP contribution in [0.25, 0.3) is 0 Å². The summed E-state index contributed by atoms with van der Waals surface area (Å²) in [6.07, 6.45) is 0.815. The minimum Gasteiger partial charge on any atom is -0.383 e. The molecular weight excluding hydrogens is 410 g/mol. The van der Waals surface area contributed by atoms with E-state index in [9.17, 15) is 16.8 Å². The van der Waals surface area contributed by atoms with Crippen LogP contribution in [-0.2, 0) is 25.5 Å². The van der Waals surface area contributed by atoms with Gasteiger partial charge in [0.05, 0.1) is 21.2 Å². The zero-order valence-electron chi connectivity index (χ0n) is 17.4. The molecule has 4 N–H and O–H groups in total. The van der Waals surface area contributed by atoms with E-state index in [1.165, 1.54) is 18.2 Å². The first-order valence-electron chi connectivity index (χ1n) is 9.30. The second-order valence-corrected chi connectivity index (χ2v) is 11.2. The average Bonchev–Trinajstić information content (AvgIpc) is 2.58. The van der Waals surface area contributed by atoms with Gasteiger partial charge >= 0.3 is 0 Å². The molecular formula is C20H29N3O4S2. The van der Waals surface area contributed by atoms with Gasteiger partial charge in [-0.05, 0) is 54.2 Å². The van der Waals surface area contributed by atoms with E-state index >= 15 is 0 Å². The van der Waals surface area contributed by atoms with E-state index in [1.807, 2.05) is 33.8 Å². The van der Waals surface area contributed by atoms with Gasteiger partial charge < -0.3 is 5.32 Å². The molecule has 0 aliphatic carbocycles. The minimum atomic E-state index is -3.98. The smallest absolute Gasteiger partial charge is 0.262 e. The number of nitrogens with two attached hydrogens (primary N) is 1. The topological polar surface area (TPSA) is 118 Å². The molecule has 9 heteroatoms. The molecule has 160 valence electrons. The van der Waals surface area contributed by atoms with Crippen LogP contribution < -0.4 is 15.2 Å². The Kier molecular flexibility index (Phi) is 6.66. The zero-order chi connectivity index (χ0) is 22.0. The number of benzene rings is 2. The van der Waals surface area contributed by atoms with E-state index in [0.717, 1.165) is 12.0 Å². The molecule has 0 aliphatic rings. The lowest BCUT2D eigenvalue weighted by Crippen LogP contribution is -2.19. The van der Waals surface area contributed by atoms with Gasteiger partial charge in [0.25, 0.3) is 10.0 Å². The fourth-order valence-electron chi connectivity index (χ4n) is 2.75. The Labute approximate surface area is 173 Å². The molecule has 0 radical (unpaired) electrons. The minimum absolute atomic E-state index is 0.130. The van der Waals surface area contributed by atoms with Crippen LogP contribution in [0.5, 0.6) is 0 Å². The molecule has 2 aromatic rings. The van der Waals surface area contributed by atoms with E-state index in [4.69, 9.17) is 5.14 Å². The summed E-state index contributed by atoms with van der Waals surface area (Å²) in [6, 6.07) is 9.41. The lowest BCUT2D eigenvalue weighted by Gasteiger charge is -2.21. The third-order valence-electron chi connectivity index (χ3n) is 4.47. The molecule has 0 saturated carbocycles. The van der Waals surface area contributed by atoms with Crippen LogP contribution in [0, 0.1) is 6.92 Å². The molecule has 0 aromatic heterocycles. The number of aryl methyl sites for hydroxylation is 1. The highest BCUT2D eigenvalue weighted by Crippen LogP contribution is 2.31. The first kappa shape index (κ1) is 23.2. The van der Waals surface area contributed by atoms with Crippen molar-refractivity contribution in [1.29, 1.82) is 0 Å². The number of anilines is 2. The lowest BCUT2D eigenvalue weighted by atomic mass is 9.87. The van der Waals surface area contributed by atoms with Crippen LogP contribution in [0.1, 0.15) is 45.2 Å². The van der Waals surface area contributed by atoms with Crippen LogP contribution in [0.3, 0.4) is 0 Å². The van der Waals surface area contributed by atoms with Crippen molar-refractivity contribution in [1.82, 2.24) is 0 Å². The maximum Gasteiger partial charge on any atom is 0.262 e. The lowest BCUT2D eigenvalue weighted by molar-refractivity contribution is 0.584. The van der Waals surface area contributed by atoms with Gasteiger partial charge in [0.15, 0.2) is 0 Å². The molecule has 0 amide bonds. The zero-order valence-corrected chi connectivity index (χ0v) is 19.0. The summed E-state index contributed by atoms with van der Waals surface area (Å²) < 4.78 is 52.3. The van der Waals surface area contributed by atoms with Gasteiger partial charge in [-0.15, -0.1) is 0 Å². The van der Waals surface area contributed by atoms with Gasteiger partial charge in [0, 0.05) is 6.54 Å². The summed E-state index contributed by atoms with van der Waals surface area (Å²) in [5.41, 5.74) is 1.86. The van der Waals surface area contributed by atoms with Crippen LogP contribution in [0.15, 0.2) is 46.2 Å². The number of hydrogen-bond donors (Lipinski definition) is 3. The summed E-state index contributed by atoms with van der Waals surface area (Å²) in [5.74, 6) is 0. The van der Waals surface area contributed by atoms with Crippen molar-refractivity contribution in [2.24, 2.45) is 5.14 Å². The van der Waals surface area contributed by atoms with Gasteiger partial charge in [-0.25, -0.2) is 22.0 Å². The molecule has 7 nitrogen and oxygen atoms in total. The van der Waals surface area contributed by atoms with Crippen molar-refractivity contribution in [3.05, 3.63) is 47.5 Å². The maximum atomic E-state index is 13.2. The molecule has 0 spiro atoms. The number of rotatable bonds is 7. The number of hydrogen-bond acceptors (Lipinski definition) is 5. The first-order chi connectivity index (χ1) is 13.3. The Bertz CT molecular complexity index is 1100. The number of primary sulfonamides is 1.